The number of hydrogen-bond donors (Lipinski definition) is 1. The second-order valence-corrected chi connectivity index (χ2v) is 3.80. The minimum Gasteiger partial charge on any atom is -0.378 e. The molecule has 7 heteroatoms. The lowest BCUT2D eigenvalue weighted by atomic mass is 10.2. The predicted molar refractivity (Wildman–Crippen MR) is 58.4 cm³/mol. The fraction of sp³-hybridized carbons (Fsp3) is 0.500. The second kappa shape index (κ2) is 4.54. The van der Waals surface area contributed by atoms with E-state index in [0.29, 0.717) is 26.3 Å². The minimum atomic E-state index is -0.651. The molecular formula is C10H14N4O3. The third-order valence-electron chi connectivity index (χ3n) is 2.70. The summed E-state index contributed by atoms with van der Waals surface area (Å²) >= 11 is 0. The van der Waals surface area contributed by atoms with Crippen molar-refractivity contribution in [1.82, 2.24) is 14.7 Å². The van der Waals surface area contributed by atoms with E-state index in [1.807, 2.05) is 0 Å². The maximum absolute atomic E-state index is 12.1. The van der Waals surface area contributed by atoms with Crippen LogP contribution in [0.1, 0.15) is 20.8 Å². The van der Waals surface area contributed by atoms with Gasteiger partial charge in [0.2, 0.25) is 0 Å². The fourth-order valence-electron chi connectivity index (χ4n) is 1.82. The highest BCUT2D eigenvalue weighted by Crippen LogP contribution is 2.11. The molecule has 2 amide bonds. The van der Waals surface area contributed by atoms with Gasteiger partial charge in [0.15, 0.2) is 0 Å². The summed E-state index contributed by atoms with van der Waals surface area (Å²) in [7, 11) is 1.58. The monoisotopic (exact) mass is 238 g/mol. The molecule has 0 bridgehead atoms. The van der Waals surface area contributed by atoms with Crippen molar-refractivity contribution in [3.63, 3.8) is 0 Å². The molecule has 92 valence electrons. The molecule has 1 aromatic rings. The van der Waals surface area contributed by atoms with Crippen molar-refractivity contribution < 1.29 is 14.3 Å². The molecule has 7 nitrogen and oxygen atoms in total. The Labute approximate surface area is 98.1 Å². The first-order valence-corrected chi connectivity index (χ1v) is 5.30. The Balaban J connectivity index is 2.27. The number of carbonyl (C=O) groups is 2. The highest BCUT2D eigenvalue weighted by molar-refractivity contribution is 6.05. The van der Waals surface area contributed by atoms with Crippen LogP contribution in [0.25, 0.3) is 0 Å². The van der Waals surface area contributed by atoms with Crippen molar-refractivity contribution in [2.75, 3.05) is 26.3 Å². The van der Waals surface area contributed by atoms with E-state index in [9.17, 15) is 9.59 Å². The van der Waals surface area contributed by atoms with Gasteiger partial charge in [0.1, 0.15) is 5.69 Å². The number of hydrogen-bond acceptors (Lipinski definition) is 4. The molecule has 17 heavy (non-hydrogen) atoms. The van der Waals surface area contributed by atoms with E-state index in [-0.39, 0.29) is 17.2 Å². The zero-order valence-electron chi connectivity index (χ0n) is 9.55. The Morgan fingerprint density at radius 2 is 2.06 bits per heavy atom. The van der Waals surface area contributed by atoms with Crippen LogP contribution in [0.15, 0.2) is 6.20 Å². The van der Waals surface area contributed by atoms with Crippen molar-refractivity contribution in [2.24, 2.45) is 12.8 Å². The van der Waals surface area contributed by atoms with E-state index in [4.69, 9.17) is 10.5 Å². The number of morpholine rings is 1. The summed E-state index contributed by atoms with van der Waals surface area (Å²) in [6.45, 7) is 2.06. The van der Waals surface area contributed by atoms with Crippen LogP contribution in [0.5, 0.6) is 0 Å². The van der Waals surface area contributed by atoms with Crippen molar-refractivity contribution in [3.8, 4) is 0 Å². The molecule has 1 aliphatic rings. The van der Waals surface area contributed by atoms with Crippen molar-refractivity contribution >= 4 is 11.8 Å². The third kappa shape index (κ3) is 2.14. The van der Waals surface area contributed by atoms with Gasteiger partial charge in [-0.25, -0.2) is 0 Å². The van der Waals surface area contributed by atoms with E-state index in [0.717, 1.165) is 0 Å². The molecule has 2 rings (SSSR count). The van der Waals surface area contributed by atoms with E-state index in [1.54, 1.807) is 11.9 Å². The quantitative estimate of drug-likeness (QED) is 0.714. The number of amides is 2. The summed E-state index contributed by atoms with van der Waals surface area (Å²) in [5.74, 6) is -0.878. The molecule has 1 fully saturated rings. The van der Waals surface area contributed by atoms with E-state index in [2.05, 4.69) is 5.10 Å². The van der Waals surface area contributed by atoms with Gasteiger partial charge in [-0.3, -0.25) is 14.3 Å². The van der Waals surface area contributed by atoms with Crippen LogP contribution >= 0.6 is 0 Å². The van der Waals surface area contributed by atoms with Gasteiger partial charge in [0, 0.05) is 20.1 Å². The van der Waals surface area contributed by atoms with Gasteiger partial charge in [-0.05, 0) is 0 Å². The SMILES string of the molecule is Cn1ncc(C(=O)N2CCOCC2)c1C(N)=O. The molecule has 0 radical (unpaired) electrons. The Morgan fingerprint density at radius 1 is 1.41 bits per heavy atom. The molecule has 0 unspecified atom stereocenters. The smallest absolute Gasteiger partial charge is 0.267 e. The van der Waals surface area contributed by atoms with Crippen LogP contribution in [-0.4, -0.2) is 52.8 Å². The highest BCUT2D eigenvalue weighted by atomic mass is 16.5. The molecular weight excluding hydrogens is 224 g/mol. The van der Waals surface area contributed by atoms with Crippen LogP contribution in [0.3, 0.4) is 0 Å². The lowest BCUT2D eigenvalue weighted by Crippen LogP contribution is -2.41. The zero-order valence-corrected chi connectivity index (χ0v) is 9.55. The van der Waals surface area contributed by atoms with Gasteiger partial charge in [0.25, 0.3) is 11.8 Å². The van der Waals surface area contributed by atoms with E-state index >= 15 is 0 Å². The van der Waals surface area contributed by atoms with Gasteiger partial charge in [-0.2, -0.15) is 5.10 Å². The van der Waals surface area contributed by atoms with E-state index < -0.39 is 5.91 Å². The topological polar surface area (TPSA) is 90.4 Å². The Kier molecular flexibility index (Phi) is 3.10. The Morgan fingerprint density at radius 3 is 2.65 bits per heavy atom. The second-order valence-electron chi connectivity index (χ2n) is 3.80. The molecule has 2 heterocycles. The van der Waals surface area contributed by atoms with Crippen LogP contribution in [0, 0.1) is 0 Å². The van der Waals surface area contributed by atoms with Gasteiger partial charge in [-0.1, -0.05) is 0 Å². The first kappa shape index (κ1) is 11.6. The standard InChI is InChI=1S/C10H14N4O3/c1-13-8(9(11)15)7(6-12-13)10(16)14-2-4-17-5-3-14/h6H,2-5H2,1H3,(H2,11,15). The first-order chi connectivity index (χ1) is 8.11. The molecule has 0 aliphatic carbocycles. The number of aryl methyl sites for hydroxylation is 1. The highest BCUT2D eigenvalue weighted by Gasteiger charge is 2.25. The molecule has 0 saturated carbocycles. The summed E-state index contributed by atoms with van der Waals surface area (Å²) in [5, 5.41) is 3.89. The van der Waals surface area contributed by atoms with Gasteiger partial charge in [0.05, 0.1) is 25.0 Å². The van der Waals surface area contributed by atoms with E-state index in [1.165, 1.54) is 10.9 Å². The van der Waals surface area contributed by atoms with Crippen LogP contribution in [0.2, 0.25) is 0 Å². The van der Waals surface area contributed by atoms with Gasteiger partial charge in [-0.15, -0.1) is 0 Å². The van der Waals surface area contributed by atoms with Crippen LogP contribution < -0.4 is 5.73 Å². The summed E-state index contributed by atoms with van der Waals surface area (Å²) in [5.41, 5.74) is 5.62. The molecule has 2 N–H and O–H groups in total. The molecule has 0 aromatic carbocycles. The average molecular weight is 238 g/mol. The number of nitrogens with two attached hydrogens (primary N) is 1. The zero-order chi connectivity index (χ0) is 12.4. The number of ether oxygens (including phenoxy) is 1. The third-order valence-corrected chi connectivity index (χ3v) is 2.70. The summed E-state index contributed by atoms with van der Waals surface area (Å²) in [6.07, 6.45) is 1.37. The van der Waals surface area contributed by atoms with Crippen molar-refractivity contribution in [1.29, 1.82) is 0 Å². The number of nitrogens with zero attached hydrogens (tertiary/aromatic N) is 3. The van der Waals surface area contributed by atoms with Crippen molar-refractivity contribution in [3.05, 3.63) is 17.5 Å². The Bertz CT molecular complexity index is 448. The fourth-order valence-corrected chi connectivity index (χ4v) is 1.82. The molecule has 0 atom stereocenters. The molecule has 0 spiro atoms. The number of aromatic nitrogens is 2. The first-order valence-electron chi connectivity index (χ1n) is 5.30. The van der Waals surface area contributed by atoms with Gasteiger partial charge < -0.3 is 15.4 Å². The Hall–Kier alpha value is -1.89. The average Bonchev–Trinajstić information content (AvgIpc) is 2.71. The van der Waals surface area contributed by atoms with Gasteiger partial charge >= 0.3 is 0 Å². The summed E-state index contributed by atoms with van der Waals surface area (Å²) < 4.78 is 6.48. The maximum Gasteiger partial charge on any atom is 0.267 e. The van der Waals surface area contributed by atoms with Crippen molar-refractivity contribution in [2.45, 2.75) is 0 Å². The predicted octanol–water partition coefficient (Wildman–Crippen LogP) is -1.01. The lowest BCUT2D eigenvalue weighted by Gasteiger charge is -2.26. The largest absolute Gasteiger partial charge is 0.378 e. The molecule has 1 aromatic heterocycles. The lowest BCUT2D eigenvalue weighted by molar-refractivity contribution is 0.0301. The molecule has 1 aliphatic heterocycles. The number of carbonyl (C=O) groups excluding carboxylic acids is 2. The number of rotatable bonds is 2. The minimum absolute atomic E-state index is 0.140. The molecule has 1 saturated heterocycles. The normalized spacial score (nSPS) is 15.9. The summed E-state index contributed by atoms with van der Waals surface area (Å²) in [6, 6.07) is 0. The summed E-state index contributed by atoms with van der Waals surface area (Å²) in [4.78, 5) is 25.0. The maximum atomic E-state index is 12.1. The number of primary amides is 1. The van der Waals surface area contributed by atoms with Crippen LogP contribution in [0.4, 0.5) is 0 Å². The van der Waals surface area contributed by atoms with Crippen LogP contribution in [-0.2, 0) is 11.8 Å².